The lowest BCUT2D eigenvalue weighted by Gasteiger charge is -2.24. The number of primary amides is 1. The Morgan fingerprint density at radius 1 is 1.44 bits per heavy atom. The van der Waals surface area contributed by atoms with Gasteiger partial charge in [0.1, 0.15) is 0 Å². The van der Waals surface area contributed by atoms with E-state index < -0.39 is 5.91 Å². The molecule has 5 nitrogen and oxygen atoms in total. The third-order valence-electron chi connectivity index (χ3n) is 2.89. The second-order valence-corrected chi connectivity index (χ2v) is 4.68. The van der Waals surface area contributed by atoms with Gasteiger partial charge in [0.15, 0.2) is 0 Å². The Morgan fingerprint density at radius 2 is 2.11 bits per heavy atom. The van der Waals surface area contributed by atoms with Crippen LogP contribution in [0.25, 0.3) is 0 Å². The largest absolute Gasteiger partial charge is 0.399 e. The highest BCUT2D eigenvalue weighted by Gasteiger charge is 2.16. The number of hydrogen-bond donors (Lipinski definition) is 4. The Balaban J connectivity index is 3.00. The number of anilines is 2. The number of benzene rings is 1. The SMILES string of the molecule is CC(C)C(CCO)Nc1cc(N)ccc1C(N)=O. The summed E-state index contributed by atoms with van der Waals surface area (Å²) in [6.45, 7) is 4.18. The summed E-state index contributed by atoms with van der Waals surface area (Å²) >= 11 is 0. The van der Waals surface area contributed by atoms with Crippen LogP contribution in [0.1, 0.15) is 30.6 Å². The molecule has 0 aliphatic heterocycles. The first kappa shape index (κ1) is 14.3. The lowest BCUT2D eigenvalue weighted by atomic mass is 10.00. The van der Waals surface area contributed by atoms with E-state index in [9.17, 15) is 4.79 Å². The molecule has 1 amide bonds. The molecule has 1 atom stereocenters. The maximum absolute atomic E-state index is 11.3. The van der Waals surface area contributed by atoms with Gasteiger partial charge in [-0.15, -0.1) is 0 Å². The molecule has 0 aromatic heterocycles. The zero-order chi connectivity index (χ0) is 13.7. The molecule has 0 heterocycles. The molecule has 0 fully saturated rings. The normalized spacial score (nSPS) is 12.4. The number of amides is 1. The fourth-order valence-electron chi connectivity index (χ4n) is 1.81. The van der Waals surface area contributed by atoms with Gasteiger partial charge >= 0.3 is 0 Å². The van der Waals surface area contributed by atoms with Crippen LogP contribution in [0.15, 0.2) is 18.2 Å². The number of nitrogens with one attached hydrogen (secondary N) is 1. The van der Waals surface area contributed by atoms with E-state index in [4.69, 9.17) is 16.6 Å². The second-order valence-electron chi connectivity index (χ2n) is 4.68. The minimum Gasteiger partial charge on any atom is -0.399 e. The molecule has 0 bridgehead atoms. The van der Waals surface area contributed by atoms with Crippen LogP contribution in [-0.4, -0.2) is 23.7 Å². The summed E-state index contributed by atoms with van der Waals surface area (Å²) in [4.78, 5) is 11.3. The average Bonchev–Trinajstić information content (AvgIpc) is 2.28. The molecule has 100 valence electrons. The molecule has 1 aromatic rings. The number of nitrogen functional groups attached to an aromatic ring is 1. The summed E-state index contributed by atoms with van der Waals surface area (Å²) in [5, 5.41) is 12.3. The Labute approximate surface area is 107 Å². The van der Waals surface area contributed by atoms with Crippen LogP contribution in [0.2, 0.25) is 0 Å². The van der Waals surface area contributed by atoms with Crippen molar-refractivity contribution in [3.05, 3.63) is 23.8 Å². The number of rotatable bonds is 6. The molecule has 0 aliphatic rings. The number of nitrogens with two attached hydrogens (primary N) is 2. The fraction of sp³-hybridized carbons (Fsp3) is 0.462. The van der Waals surface area contributed by atoms with E-state index in [0.717, 1.165) is 0 Å². The summed E-state index contributed by atoms with van der Waals surface area (Å²) in [5.41, 5.74) is 12.6. The van der Waals surface area contributed by atoms with Gasteiger partial charge in [0.05, 0.1) is 5.56 Å². The number of carbonyl (C=O) groups is 1. The van der Waals surface area contributed by atoms with E-state index in [-0.39, 0.29) is 12.6 Å². The molecule has 5 heteroatoms. The van der Waals surface area contributed by atoms with Crippen molar-refractivity contribution in [2.45, 2.75) is 26.3 Å². The van der Waals surface area contributed by atoms with Gasteiger partial charge in [-0.25, -0.2) is 0 Å². The van der Waals surface area contributed by atoms with E-state index in [1.54, 1.807) is 18.2 Å². The summed E-state index contributed by atoms with van der Waals surface area (Å²) in [6, 6.07) is 5.00. The van der Waals surface area contributed by atoms with Gasteiger partial charge in [-0.3, -0.25) is 4.79 Å². The molecule has 1 rings (SSSR count). The quantitative estimate of drug-likeness (QED) is 0.570. The monoisotopic (exact) mass is 251 g/mol. The van der Waals surface area contributed by atoms with E-state index in [1.165, 1.54) is 0 Å². The first-order valence-electron chi connectivity index (χ1n) is 6.02. The maximum atomic E-state index is 11.3. The Bertz CT molecular complexity index is 419. The number of aliphatic hydroxyl groups excluding tert-OH is 1. The average molecular weight is 251 g/mol. The van der Waals surface area contributed by atoms with Crippen molar-refractivity contribution in [1.82, 2.24) is 0 Å². The maximum Gasteiger partial charge on any atom is 0.250 e. The zero-order valence-corrected chi connectivity index (χ0v) is 10.8. The van der Waals surface area contributed by atoms with E-state index >= 15 is 0 Å². The van der Waals surface area contributed by atoms with Gasteiger partial charge in [0.25, 0.3) is 5.91 Å². The third kappa shape index (κ3) is 3.63. The zero-order valence-electron chi connectivity index (χ0n) is 10.8. The summed E-state index contributed by atoms with van der Waals surface area (Å²) in [6.07, 6.45) is 0.602. The standard InChI is InChI=1S/C13H21N3O2/c1-8(2)11(5-6-17)16-12-7-9(14)3-4-10(12)13(15)18/h3-4,7-8,11,16-17H,5-6,14H2,1-2H3,(H2,15,18). The lowest BCUT2D eigenvalue weighted by molar-refractivity contribution is 0.100. The molecule has 0 saturated heterocycles. The third-order valence-corrected chi connectivity index (χ3v) is 2.89. The first-order valence-corrected chi connectivity index (χ1v) is 6.02. The van der Waals surface area contributed by atoms with E-state index in [1.807, 2.05) is 13.8 Å². The predicted molar refractivity (Wildman–Crippen MR) is 73.3 cm³/mol. The topological polar surface area (TPSA) is 101 Å². The molecule has 1 unspecified atom stereocenters. The van der Waals surface area contributed by atoms with Crippen molar-refractivity contribution in [3.8, 4) is 0 Å². The molecule has 18 heavy (non-hydrogen) atoms. The lowest BCUT2D eigenvalue weighted by Crippen LogP contribution is -2.28. The van der Waals surface area contributed by atoms with Crippen molar-refractivity contribution in [3.63, 3.8) is 0 Å². The number of hydrogen-bond acceptors (Lipinski definition) is 4. The van der Waals surface area contributed by atoms with E-state index in [0.29, 0.717) is 29.3 Å². The van der Waals surface area contributed by atoms with Crippen LogP contribution in [0, 0.1) is 5.92 Å². The Kier molecular flexibility index (Phi) is 4.97. The summed E-state index contributed by atoms with van der Waals surface area (Å²) in [5.74, 6) is -0.177. The van der Waals surface area contributed by atoms with Gasteiger partial charge < -0.3 is 21.9 Å². The summed E-state index contributed by atoms with van der Waals surface area (Å²) in [7, 11) is 0. The highest BCUT2D eigenvalue weighted by atomic mass is 16.3. The molecular formula is C13H21N3O2. The van der Waals surface area contributed by atoms with E-state index in [2.05, 4.69) is 5.32 Å². The fourth-order valence-corrected chi connectivity index (χ4v) is 1.81. The highest BCUT2D eigenvalue weighted by Crippen LogP contribution is 2.22. The van der Waals surface area contributed by atoms with Crippen LogP contribution < -0.4 is 16.8 Å². The van der Waals surface area contributed by atoms with Gasteiger partial charge in [0, 0.05) is 24.0 Å². The minimum atomic E-state index is -0.496. The van der Waals surface area contributed by atoms with Crippen molar-refractivity contribution < 1.29 is 9.90 Å². The highest BCUT2D eigenvalue weighted by molar-refractivity contribution is 5.99. The van der Waals surface area contributed by atoms with Gasteiger partial charge in [-0.1, -0.05) is 13.8 Å². The van der Waals surface area contributed by atoms with Crippen LogP contribution in [-0.2, 0) is 0 Å². The van der Waals surface area contributed by atoms with Crippen molar-refractivity contribution in [2.24, 2.45) is 11.7 Å². The molecule has 6 N–H and O–H groups in total. The molecular weight excluding hydrogens is 230 g/mol. The van der Waals surface area contributed by atoms with Crippen LogP contribution in [0.3, 0.4) is 0 Å². The number of aliphatic hydroxyl groups is 1. The predicted octanol–water partition coefficient (Wildman–Crippen LogP) is 1.19. The van der Waals surface area contributed by atoms with Gasteiger partial charge in [-0.2, -0.15) is 0 Å². The van der Waals surface area contributed by atoms with Crippen molar-refractivity contribution in [2.75, 3.05) is 17.7 Å². The Morgan fingerprint density at radius 3 is 2.61 bits per heavy atom. The first-order chi connectivity index (χ1) is 8.45. The van der Waals surface area contributed by atoms with Crippen LogP contribution in [0.5, 0.6) is 0 Å². The molecule has 0 radical (unpaired) electrons. The molecule has 0 spiro atoms. The summed E-state index contributed by atoms with van der Waals surface area (Å²) < 4.78 is 0. The van der Waals surface area contributed by atoms with Gasteiger partial charge in [-0.05, 0) is 30.5 Å². The molecule has 1 aromatic carbocycles. The molecule has 0 saturated carbocycles. The Hall–Kier alpha value is -1.75. The van der Waals surface area contributed by atoms with Crippen molar-refractivity contribution >= 4 is 17.3 Å². The van der Waals surface area contributed by atoms with Crippen LogP contribution in [0.4, 0.5) is 11.4 Å². The molecule has 0 aliphatic carbocycles. The van der Waals surface area contributed by atoms with Crippen LogP contribution >= 0.6 is 0 Å². The smallest absolute Gasteiger partial charge is 0.250 e. The second kappa shape index (κ2) is 6.26. The van der Waals surface area contributed by atoms with Gasteiger partial charge in [0.2, 0.25) is 0 Å². The number of carbonyl (C=O) groups excluding carboxylic acids is 1. The van der Waals surface area contributed by atoms with Crippen molar-refractivity contribution in [1.29, 1.82) is 0 Å². The minimum absolute atomic E-state index is 0.0647.